The number of carbonyl (C=O) groups excluding carboxylic acids is 4. The van der Waals surface area contributed by atoms with E-state index in [9.17, 15) is 19.2 Å². The summed E-state index contributed by atoms with van der Waals surface area (Å²) in [6.45, 7) is 2.91. The molecule has 0 aromatic heterocycles. The Bertz CT molecular complexity index is 922. The van der Waals surface area contributed by atoms with Crippen LogP contribution in [-0.4, -0.2) is 43.4 Å². The van der Waals surface area contributed by atoms with Crippen LogP contribution < -0.4 is 10.1 Å². The van der Waals surface area contributed by atoms with Crippen LogP contribution in [0.2, 0.25) is 0 Å². The molecule has 31 heavy (non-hydrogen) atoms. The van der Waals surface area contributed by atoms with E-state index in [1.807, 2.05) is 6.92 Å². The Labute approximate surface area is 180 Å². The lowest BCUT2D eigenvalue weighted by Crippen LogP contribution is -2.23. The van der Waals surface area contributed by atoms with Gasteiger partial charge < -0.3 is 19.5 Å². The van der Waals surface area contributed by atoms with Crippen molar-refractivity contribution in [2.75, 3.05) is 25.1 Å². The molecule has 0 spiro atoms. The van der Waals surface area contributed by atoms with E-state index in [2.05, 4.69) is 5.32 Å². The maximum atomic E-state index is 11.9. The first kappa shape index (κ1) is 23.6. The van der Waals surface area contributed by atoms with Crippen molar-refractivity contribution in [2.45, 2.75) is 26.7 Å². The van der Waals surface area contributed by atoms with Crippen molar-refractivity contribution < 1.29 is 33.4 Å². The first-order valence-electron chi connectivity index (χ1n) is 9.85. The van der Waals surface area contributed by atoms with Gasteiger partial charge in [-0.05, 0) is 49.7 Å². The summed E-state index contributed by atoms with van der Waals surface area (Å²) in [4.78, 5) is 46.9. The number of hydrogen-bond acceptors (Lipinski definition) is 7. The summed E-state index contributed by atoms with van der Waals surface area (Å²) < 4.78 is 15.3. The number of esters is 2. The molecule has 0 unspecified atom stereocenters. The standard InChI is InChI=1S/C23H25NO7/c1-3-4-12-29-23(28)17-8-10-19(11-9-17)24-21(26)14-31-22(27)15-30-20-7-5-6-18(13-20)16(2)25/h5-11,13H,3-4,12,14-15H2,1-2H3,(H,24,26). The molecule has 2 aromatic carbocycles. The SMILES string of the molecule is CCCCOC(=O)c1ccc(NC(=O)COC(=O)COc2cccc(C(C)=O)c2)cc1. The molecule has 0 saturated heterocycles. The number of benzene rings is 2. The first-order valence-corrected chi connectivity index (χ1v) is 9.85. The number of carbonyl (C=O) groups is 4. The summed E-state index contributed by atoms with van der Waals surface area (Å²) in [6.07, 6.45) is 1.73. The highest BCUT2D eigenvalue weighted by atomic mass is 16.6. The Kier molecular flexibility index (Phi) is 9.22. The van der Waals surface area contributed by atoms with Crippen molar-refractivity contribution >= 4 is 29.3 Å². The van der Waals surface area contributed by atoms with Crippen molar-refractivity contribution in [2.24, 2.45) is 0 Å². The third-order valence-electron chi connectivity index (χ3n) is 4.10. The number of rotatable bonds is 11. The van der Waals surface area contributed by atoms with Gasteiger partial charge in [-0.2, -0.15) is 0 Å². The molecule has 2 rings (SSSR count). The van der Waals surface area contributed by atoms with Crippen LogP contribution in [-0.2, 0) is 19.1 Å². The third-order valence-corrected chi connectivity index (χ3v) is 4.10. The maximum absolute atomic E-state index is 11.9. The minimum absolute atomic E-state index is 0.119. The summed E-state index contributed by atoms with van der Waals surface area (Å²) in [7, 11) is 0. The predicted octanol–water partition coefficient (Wildman–Crippen LogP) is 3.41. The zero-order chi connectivity index (χ0) is 22.6. The third kappa shape index (κ3) is 8.30. The van der Waals surface area contributed by atoms with Gasteiger partial charge in [-0.15, -0.1) is 0 Å². The van der Waals surface area contributed by atoms with E-state index in [1.54, 1.807) is 42.5 Å². The van der Waals surface area contributed by atoms with Gasteiger partial charge in [-0.3, -0.25) is 9.59 Å². The van der Waals surface area contributed by atoms with Crippen LogP contribution in [0.15, 0.2) is 48.5 Å². The largest absolute Gasteiger partial charge is 0.482 e. The lowest BCUT2D eigenvalue weighted by Gasteiger charge is -2.09. The second kappa shape index (κ2) is 12.1. The summed E-state index contributed by atoms with van der Waals surface area (Å²) in [6, 6.07) is 12.6. The number of nitrogens with one attached hydrogen (secondary N) is 1. The molecular weight excluding hydrogens is 402 g/mol. The molecule has 1 amide bonds. The molecule has 2 aromatic rings. The molecule has 8 nitrogen and oxygen atoms in total. The molecule has 8 heteroatoms. The number of anilines is 1. The van der Waals surface area contributed by atoms with Crippen molar-refractivity contribution in [1.82, 2.24) is 0 Å². The van der Waals surface area contributed by atoms with Gasteiger partial charge in [-0.1, -0.05) is 25.5 Å². The number of ether oxygens (including phenoxy) is 3. The van der Waals surface area contributed by atoms with Crippen molar-refractivity contribution in [1.29, 1.82) is 0 Å². The molecular formula is C23H25NO7. The van der Waals surface area contributed by atoms with Gasteiger partial charge in [0.1, 0.15) is 5.75 Å². The van der Waals surface area contributed by atoms with Crippen LogP contribution in [0.4, 0.5) is 5.69 Å². The molecule has 0 saturated carbocycles. The Hall–Kier alpha value is -3.68. The van der Waals surface area contributed by atoms with E-state index in [4.69, 9.17) is 14.2 Å². The molecule has 0 radical (unpaired) electrons. The molecule has 164 valence electrons. The minimum atomic E-state index is -0.728. The molecule has 0 heterocycles. The smallest absolute Gasteiger partial charge is 0.344 e. The summed E-state index contributed by atoms with van der Waals surface area (Å²) in [5, 5.41) is 2.56. The number of amides is 1. The van der Waals surface area contributed by atoms with Crippen molar-refractivity contribution in [3.63, 3.8) is 0 Å². The molecule has 0 aliphatic carbocycles. The monoisotopic (exact) mass is 427 g/mol. The van der Waals surface area contributed by atoms with E-state index in [0.717, 1.165) is 12.8 Å². The fraction of sp³-hybridized carbons (Fsp3) is 0.304. The molecule has 0 atom stereocenters. The van der Waals surface area contributed by atoms with Crippen LogP contribution >= 0.6 is 0 Å². The molecule has 0 bridgehead atoms. The zero-order valence-electron chi connectivity index (χ0n) is 17.5. The Morgan fingerprint density at radius 1 is 0.903 bits per heavy atom. The van der Waals surface area contributed by atoms with Gasteiger partial charge in [0.05, 0.1) is 12.2 Å². The van der Waals surface area contributed by atoms with Crippen LogP contribution in [0.3, 0.4) is 0 Å². The van der Waals surface area contributed by atoms with Crippen LogP contribution in [0.25, 0.3) is 0 Å². The van der Waals surface area contributed by atoms with E-state index in [1.165, 1.54) is 13.0 Å². The van der Waals surface area contributed by atoms with Crippen LogP contribution in [0, 0.1) is 0 Å². The Morgan fingerprint density at radius 3 is 2.32 bits per heavy atom. The second-order valence-electron chi connectivity index (χ2n) is 6.65. The van der Waals surface area contributed by atoms with Gasteiger partial charge in [-0.25, -0.2) is 9.59 Å². The lowest BCUT2D eigenvalue weighted by molar-refractivity contribution is -0.149. The van der Waals surface area contributed by atoms with Crippen molar-refractivity contribution in [3.05, 3.63) is 59.7 Å². The number of hydrogen-bond donors (Lipinski definition) is 1. The molecule has 0 fully saturated rings. The van der Waals surface area contributed by atoms with E-state index >= 15 is 0 Å². The average molecular weight is 427 g/mol. The average Bonchev–Trinajstić information content (AvgIpc) is 2.77. The second-order valence-corrected chi connectivity index (χ2v) is 6.65. The van der Waals surface area contributed by atoms with Gasteiger partial charge in [0.2, 0.25) is 0 Å². The Morgan fingerprint density at radius 2 is 1.65 bits per heavy atom. The molecule has 0 aliphatic heterocycles. The summed E-state index contributed by atoms with van der Waals surface area (Å²) >= 11 is 0. The topological polar surface area (TPSA) is 108 Å². The molecule has 0 aliphatic rings. The van der Waals surface area contributed by atoms with Crippen molar-refractivity contribution in [3.8, 4) is 5.75 Å². The van der Waals surface area contributed by atoms with Gasteiger partial charge >= 0.3 is 11.9 Å². The zero-order valence-corrected chi connectivity index (χ0v) is 17.5. The number of Topliss-reactive ketones (excluding diaryl/α,β-unsaturated/α-hetero) is 1. The number of unbranched alkanes of at least 4 members (excludes halogenated alkanes) is 1. The summed E-state index contributed by atoms with van der Waals surface area (Å²) in [5.74, 6) is -1.46. The van der Waals surface area contributed by atoms with E-state index in [0.29, 0.717) is 29.2 Å². The maximum Gasteiger partial charge on any atom is 0.344 e. The van der Waals surface area contributed by atoms with E-state index in [-0.39, 0.29) is 5.78 Å². The fourth-order valence-electron chi connectivity index (χ4n) is 2.41. The summed E-state index contributed by atoms with van der Waals surface area (Å²) in [5.41, 5.74) is 1.29. The quantitative estimate of drug-likeness (QED) is 0.333. The van der Waals surface area contributed by atoms with Crippen LogP contribution in [0.5, 0.6) is 5.75 Å². The predicted molar refractivity (Wildman–Crippen MR) is 113 cm³/mol. The van der Waals surface area contributed by atoms with E-state index < -0.39 is 31.1 Å². The van der Waals surface area contributed by atoms with Gasteiger partial charge in [0.15, 0.2) is 19.0 Å². The normalized spacial score (nSPS) is 10.1. The Balaban J connectivity index is 1.73. The highest BCUT2D eigenvalue weighted by molar-refractivity contribution is 5.95. The number of ketones is 1. The highest BCUT2D eigenvalue weighted by Gasteiger charge is 2.11. The fourth-order valence-corrected chi connectivity index (χ4v) is 2.41. The highest BCUT2D eigenvalue weighted by Crippen LogP contribution is 2.14. The van der Waals surface area contributed by atoms with Crippen LogP contribution in [0.1, 0.15) is 47.4 Å². The first-order chi connectivity index (χ1) is 14.9. The molecule has 1 N–H and O–H groups in total. The minimum Gasteiger partial charge on any atom is -0.482 e. The van der Waals surface area contributed by atoms with Gasteiger partial charge in [0, 0.05) is 11.3 Å². The van der Waals surface area contributed by atoms with Gasteiger partial charge in [0.25, 0.3) is 5.91 Å². The lowest BCUT2D eigenvalue weighted by atomic mass is 10.1.